The second kappa shape index (κ2) is 6.71. The van der Waals surface area contributed by atoms with Gasteiger partial charge in [-0.25, -0.2) is 21.6 Å². The fraction of sp³-hybridized carbons (Fsp3) is 0.636. The van der Waals surface area contributed by atoms with Crippen LogP contribution >= 0.6 is 0 Å². The van der Waals surface area contributed by atoms with Gasteiger partial charge in [-0.1, -0.05) is 0 Å². The van der Waals surface area contributed by atoms with Crippen LogP contribution in [-0.4, -0.2) is 31.8 Å². The summed E-state index contributed by atoms with van der Waals surface area (Å²) in [5.41, 5.74) is 3.75. The molecule has 0 heterocycles. The molecule has 5 saturated carbocycles. The fourth-order valence-electron chi connectivity index (χ4n) is 7.47. The van der Waals surface area contributed by atoms with Gasteiger partial charge in [-0.3, -0.25) is 9.59 Å². The van der Waals surface area contributed by atoms with Gasteiger partial charge < -0.3 is 11.1 Å². The third-order valence-corrected chi connectivity index (χ3v) is 10.2. The maximum Gasteiger partial charge on any atom is 0.241 e. The summed E-state index contributed by atoms with van der Waals surface area (Å²) in [5, 5.41) is 2.99. The van der Waals surface area contributed by atoms with Crippen LogP contribution in [0.5, 0.6) is 0 Å². The molecule has 0 aliphatic heterocycles. The average molecular weight is 486 g/mol. The highest BCUT2D eigenvalue weighted by Crippen LogP contribution is 2.79. The van der Waals surface area contributed by atoms with Crippen molar-refractivity contribution in [2.75, 3.05) is 0 Å². The van der Waals surface area contributed by atoms with E-state index < -0.39 is 49.2 Å². The predicted octanol–water partition coefficient (Wildman–Crippen LogP) is 1.96. The van der Waals surface area contributed by atoms with Gasteiger partial charge in [-0.15, -0.1) is 0 Å². The van der Waals surface area contributed by atoms with E-state index in [4.69, 9.17) is 5.73 Å². The molecule has 11 heteroatoms. The van der Waals surface area contributed by atoms with Gasteiger partial charge in [0.15, 0.2) is 17.5 Å². The fourth-order valence-corrected chi connectivity index (χ4v) is 8.87. The van der Waals surface area contributed by atoms with Gasteiger partial charge in [-0.05, 0) is 81.3 Å². The highest BCUT2D eigenvalue weighted by molar-refractivity contribution is 7.89. The first-order chi connectivity index (χ1) is 15.2. The summed E-state index contributed by atoms with van der Waals surface area (Å²) in [4.78, 5) is 24.6. The molecular formula is C22H26F3N3O4S. The number of benzene rings is 1. The second-order valence-corrected chi connectivity index (χ2v) is 12.6. The number of amides is 2. The Labute approximate surface area is 189 Å². The lowest BCUT2D eigenvalue weighted by atomic mass is 9.37. The van der Waals surface area contributed by atoms with Crippen molar-refractivity contribution >= 4 is 21.8 Å². The van der Waals surface area contributed by atoms with E-state index in [0.717, 1.165) is 25.7 Å². The maximum atomic E-state index is 13.5. The summed E-state index contributed by atoms with van der Waals surface area (Å²) >= 11 is 0. The highest BCUT2D eigenvalue weighted by Gasteiger charge is 2.76. The summed E-state index contributed by atoms with van der Waals surface area (Å²) in [7, 11) is -4.53. The standard InChI is InChI=1S/C22H26F3N3O4S/c1-20(2,28-33(31,32)12-4-13(23)16(25)14(24)5-12)19(30)27-17-10-3-15-21(6-10)7-11(17)8-22(15,9-21)18(26)29/h4-5,10-11,15,17,28H,3,6-9H2,1-2H3,(H2,26,29)(H,27,30). The van der Waals surface area contributed by atoms with E-state index in [1.807, 2.05) is 0 Å². The van der Waals surface area contributed by atoms with Gasteiger partial charge in [0.05, 0.1) is 10.3 Å². The van der Waals surface area contributed by atoms with Crippen molar-refractivity contribution in [3.05, 3.63) is 29.6 Å². The van der Waals surface area contributed by atoms with Gasteiger partial charge in [-0.2, -0.15) is 4.72 Å². The Kier molecular flexibility index (Phi) is 4.61. The van der Waals surface area contributed by atoms with Crippen molar-refractivity contribution in [1.82, 2.24) is 10.0 Å². The molecule has 0 aromatic heterocycles. The van der Waals surface area contributed by atoms with Crippen molar-refractivity contribution in [1.29, 1.82) is 0 Å². The zero-order valence-corrected chi connectivity index (χ0v) is 19.1. The molecule has 4 bridgehead atoms. The van der Waals surface area contributed by atoms with Gasteiger partial charge >= 0.3 is 0 Å². The topological polar surface area (TPSA) is 118 Å². The molecule has 5 fully saturated rings. The third kappa shape index (κ3) is 3.07. The van der Waals surface area contributed by atoms with E-state index in [-0.39, 0.29) is 35.1 Å². The van der Waals surface area contributed by atoms with Crippen molar-refractivity contribution in [2.24, 2.45) is 34.3 Å². The normalized spacial score (nSPS) is 36.4. The average Bonchev–Trinajstić information content (AvgIpc) is 2.92. The molecule has 4 N–H and O–H groups in total. The van der Waals surface area contributed by atoms with Crippen LogP contribution in [0.4, 0.5) is 13.2 Å². The molecule has 0 radical (unpaired) electrons. The Balaban J connectivity index is 1.34. The molecule has 1 aromatic rings. The Bertz CT molecular complexity index is 1170. The molecule has 33 heavy (non-hydrogen) atoms. The van der Waals surface area contributed by atoms with Crippen LogP contribution in [-0.2, 0) is 19.6 Å². The number of hydrogen-bond donors (Lipinski definition) is 3. The van der Waals surface area contributed by atoms with Crippen molar-refractivity contribution in [2.45, 2.75) is 62.4 Å². The summed E-state index contributed by atoms with van der Waals surface area (Å²) < 4.78 is 67.8. The largest absolute Gasteiger partial charge is 0.369 e. The first kappa shape index (κ1) is 22.6. The minimum Gasteiger partial charge on any atom is -0.369 e. The summed E-state index contributed by atoms with van der Waals surface area (Å²) in [6.45, 7) is 2.68. The summed E-state index contributed by atoms with van der Waals surface area (Å²) in [5.74, 6) is -5.41. The SMILES string of the molecule is CC(C)(NS(=O)(=O)c1cc(F)c(F)c(F)c1)C(=O)NC1C2CC3C4(C2)CC1CC3(C(N)=O)C4. The summed E-state index contributed by atoms with van der Waals surface area (Å²) in [6, 6.07) is 0.519. The summed E-state index contributed by atoms with van der Waals surface area (Å²) in [6.07, 6.45) is 4.08. The molecule has 2 amide bonds. The van der Waals surface area contributed by atoms with Gasteiger partial charge in [0.25, 0.3) is 0 Å². The van der Waals surface area contributed by atoms with Crippen molar-refractivity contribution in [3.63, 3.8) is 0 Å². The van der Waals surface area contributed by atoms with Crippen molar-refractivity contribution < 1.29 is 31.2 Å². The molecule has 7 nitrogen and oxygen atoms in total. The van der Waals surface area contributed by atoms with Crippen LogP contribution in [0.15, 0.2) is 17.0 Å². The Morgan fingerprint density at radius 2 is 1.70 bits per heavy atom. The minimum atomic E-state index is -4.53. The minimum absolute atomic E-state index is 0.0837. The Morgan fingerprint density at radius 3 is 2.30 bits per heavy atom. The van der Waals surface area contributed by atoms with E-state index in [2.05, 4.69) is 10.0 Å². The molecule has 1 spiro atoms. The zero-order chi connectivity index (χ0) is 24.1. The molecular weight excluding hydrogens is 459 g/mol. The van der Waals surface area contributed by atoms with Gasteiger partial charge in [0.1, 0.15) is 5.54 Å². The van der Waals surface area contributed by atoms with E-state index in [0.29, 0.717) is 18.6 Å². The number of halogens is 3. The number of rotatable bonds is 6. The maximum absolute atomic E-state index is 13.5. The molecule has 5 aliphatic rings. The van der Waals surface area contributed by atoms with Crippen LogP contribution in [0.3, 0.4) is 0 Å². The van der Waals surface area contributed by atoms with Gasteiger partial charge in [0, 0.05) is 6.04 Å². The highest BCUT2D eigenvalue weighted by atomic mass is 32.2. The van der Waals surface area contributed by atoms with E-state index in [1.165, 1.54) is 13.8 Å². The molecule has 6 rings (SSSR count). The molecule has 6 atom stereocenters. The molecule has 6 unspecified atom stereocenters. The number of carbonyl (C=O) groups is 2. The number of primary amides is 1. The van der Waals surface area contributed by atoms with E-state index >= 15 is 0 Å². The lowest BCUT2D eigenvalue weighted by Gasteiger charge is -2.66. The lowest BCUT2D eigenvalue weighted by Crippen LogP contribution is -2.67. The monoisotopic (exact) mass is 485 g/mol. The van der Waals surface area contributed by atoms with E-state index in [1.54, 1.807) is 0 Å². The lowest BCUT2D eigenvalue weighted by molar-refractivity contribution is -0.192. The number of fused-ring (bicyclic) bond motifs is 1. The molecule has 180 valence electrons. The van der Waals surface area contributed by atoms with Crippen LogP contribution in [0, 0.1) is 46.0 Å². The van der Waals surface area contributed by atoms with E-state index in [9.17, 15) is 31.2 Å². The van der Waals surface area contributed by atoms with Crippen LogP contribution in [0.1, 0.15) is 46.0 Å². The molecule has 1 aromatic carbocycles. The second-order valence-electron chi connectivity index (χ2n) is 10.9. The van der Waals surface area contributed by atoms with Crippen LogP contribution in [0.25, 0.3) is 0 Å². The quantitative estimate of drug-likeness (QED) is 0.534. The smallest absolute Gasteiger partial charge is 0.241 e. The Morgan fingerprint density at radius 1 is 1.09 bits per heavy atom. The number of nitrogens with two attached hydrogens (primary N) is 1. The first-order valence-corrected chi connectivity index (χ1v) is 12.5. The predicted molar refractivity (Wildman–Crippen MR) is 110 cm³/mol. The van der Waals surface area contributed by atoms with Crippen LogP contribution < -0.4 is 15.8 Å². The molecule has 5 aliphatic carbocycles. The number of carbonyl (C=O) groups excluding carboxylic acids is 2. The van der Waals surface area contributed by atoms with Crippen LogP contribution in [0.2, 0.25) is 0 Å². The number of sulfonamides is 1. The Hall–Kier alpha value is -2.14. The zero-order valence-electron chi connectivity index (χ0n) is 18.3. The van der Waals surface area contributed by atoms with Gasteiger partial charge in [0.2, 0.25) is 21.8 Å². The van der Waals surface area contributed by atoms with Crippen molar-refractivity contribution in [3.8, 4) is 0 Å². The number of hydrogen-bond acceptors (Lipinski definition) is 4. The molecule has 0 saturated heterocycles. The third-order valence-electron chi connectivity index (χ3n) is 8.61. The number of nitrogens with one attached hydrogen (secondary N) is 2. The first-order valence-electron chi connectivity index (χ1n) is 11.0.